The number of benzene rings is 2. The van der Waals surface area contributed by atoms with E-state index in [1.165, 1.54) is 5.56 Å². The van der Waals surface area contributed by atoms with Gasteiger partial charge in [-0.05, 0) is 34.1 Å². The first-order valence-corrected chi connectivity index (χ1v) is 6.80. The Hall–Kier alpha value is -2.76. The predicted octanol–water partition coefficient (Wildman–Crippen LogP) is 2.22. The zero-order valence-electron chi connectivity index (χ0n) is 11.2. The zero-order chi connectivity index (χ0) is 14.2. The van der Waals surface area contributed by atoms with Crippen molar-refractivity contribution in [3.05, 3.63) is 42.0 Å². The van der Waals surface area contributed by atoms with Crippen LogP contribution in [0.2, 0.25) is 0 Å². The van der Waals surface area contributed by atoms with Crippen molar-refractivity contribution in [3.8, 4) is 5.75 Å². The minimum absolute atomic E-state index is 0.106. The molecule has 1 aliphatic heterocycles. The van der Waals surface area contributed by atoms with Crippen molar-refractivity contribution in [3.63, 3.8) is 0 Å². The molecule has 106 valence electrons. The summed E-state index contributed by atoms with van der Waals surface area (Å²) in [7, 11) is 0. The van der Waals surface area contributed by atoms with Crippen LogP contribution in [0.5, 0.6) is 5.75 Å². The van der Waals surface area contributed by atoms with Crippen LogP contribution in [-0.2, 0) is 6.42 Å². The SMILES string of the molecule is Nc1ccc(NCC2Cc3ccccc3O2)c2nonc12. The standard InChI is InChI=1S/C15H14N4O2/c16-11-5-6-12(15-14(11)18-21-19-15)17-8-10-7-9-3-1-2-4-13(9)20-10/h1-6,10,17H,7-8,16H2. The minimum Gasteiger partial charge on any atom is -0.488 e. The van der Waals surface area contributed by atoms with Gasteiger partial charge in [-0.1, -0.05) is 18.2 Å². The van der Waals surface area contributed by atoms with E-state index in [-0.39, 0.29) is 6.10 Å². The van der Waals surface area contributed by atoms with E-state index in [0.29, 0.717) is 23.3 Å². The molecule has 0 aliphatic carbocycles. The number of hydrogen-bond donors (Lipinski definition) is 2. The van der Waals surface area contributed by atoms with E-state index in [0.717, 1.165) is 17.9 Å². The molecule has 6 heteroatoms. The van der Waals surface area contributed by atoms with Gasteiger partial charge in [0.2, 0.25) is 0 Å². The van der Waals surface area contributed by atoms with Gasteiger partial charge in [-0.25, -0.2) is 4.63 Å². The zero-order valence-corrected chi connectivity index (χ0v) is 11.2. The smallest absolute Gasteiger partial charge is 0.160 e. The van der Waals surface area contributed by atoms with Gasteiger partial charge >= 0.3 is 0 Å². The van der Waals surface area contributed by atoms with Gasteiger partial charge in [0.25, 0.3) is 0 Å². The maximum atomic E-state index is 5.90. The molecule has 0 fully saturated rings. The Morgan fingerprint density at radius 2 is 2.00 bits per heavy atom. The molecule has 21 heavy (non-hydrogen) atoms. The second-order valence-corrected chi connectivity index (χ2v) is 5.10. The summed E-state index contributed by atoms with van der Waals surface area (Å²) in [6.07, 6.45) is 1.01. The molecular formula is C15H14N4O2. The lowest BCUT2D eigenvalue weighted by molar-refractivity contribution is 0.246. The lowest BCUT2D eigenvalue weighted by Crippen LogP contribution is -2.24. The van der Waals surface area contributed by atoms with E-state index < -0.39 is 0 Å². The number of fused-ring (bicyclic) bond motifs is 2. The number of hydrogen-bond acceptors (Lipinski definition) is 6. The highest BCUT2D eigenvalue weighted by molar-refractivity contribution is 5.94. The molecule has 1 unspecified atom stereocenters. The van der Waals surface area contributed by atoms with Crippen LogP contribution in [0.15, 0.2) is 41.0 Å². The van der Waals surface area contributed by atoms with Crippen LogP contribution >= 0.6 is 0 Å². The van der Waals surface area contributed by atoms with Crippen LogP contribution in [0.3, 0.4) is 0 Å². The number of anilines is 2. The number of rotatable bonds is 3. The Kier molecular flexibility index (Phi) is 2.67. The van der Waals surface area contributed by atoms with Crippen molar-refractivity contribution in [2.45, 2.75) is 12.5 Å². The Bertz CT molecular complexity index is 774. The highest BCUT2D eigenvalue weighted by Crippen LogP contribution is 2.29. The molecule has 0 spiro atoms. The molecule has 0 radical (unpaired) electrons. The molecule has 4 rings (SSSR count). The number of nitrogens with two attached hydrogens (primary N) is 1. The van der Waals surface area contributed by atoms with Crippen molar-refractivity contribution in [2.75, 3.05) is 17.6 Å². The van der Waals surface area contributed by atoms with Crippen LogP contribution in [0.1, 0.15) is 5.56 Å². The molecule has 0 amide bonds. The first-order chi connectivity index (χ1) is 10.3. The summed E-state index contributed by atoms with van der Waals surface area (Å²) in [4.78, 5) is 0. The number of aromatic nitrogens is 2. The second-order valence-electron chi connectivity index (χ2n) is 5.10. The van der Waals surface area contributed by atoms with Crippen molar-refractivity contribution in [1.82, 2.24) is 10.3 Å². The summed E-state index contributed by atoms with van der Waals surface area (Å²) >= 11 is 0. The van der Waals surface area contributed by atoms with Crippen LogP contribution < -0.4 is 15.8 Å². The van der Waals surface area contributed by atoms with E-state index in [2.05, 4.69) is 21.7 Å². The predicted molar refractivity (Wildman–Crippen MR) is 79.3 cm³/mol. The molecule has 0 saturated heterocycles. The summed E-state index contributed by atoms with van der Waals surface area (Å²) in [5.41, 5.74) is 9.70. The highest BCUT2D eigenvalue weighted by atomic mass is 16.6. The Labute approximate surface area is 120 Å². The normalized spacial score (nSPS) is 16.7. The summed E-state index contributed by atoms with van der Waals surface area (Å²) in [5, 5.41) is 11.0. The van der Waals surface area contributed by atoms with Crippen molar-refractivity contribution >= 4 is 22.4 Å². The van der Waals surface area contributed by atoms with Gasteiger partial charge in [0.1, 0.15) is 11.9 Å². The third kappa shape index (κ3) is 2.05. The number of nitrogen functional groups attached to an aromatic ring is 1. The molecule has 1 aromatic heterocycles. The fourth-order valence-corrected chi connectivity index (χ4v) is 2.62. The van der Waals surface area contributed by atoms with Crippen LogP contribution in [0, 0.1) is 0 Å². The second kappa shape index (κ2) is 4.66. The van der Waals surface area contributed by atoms with E-state index >= 15 is 0 Å². The quantitative estimate of drug-likeness (QED) is 0.716. The number of nitrogens with zero attached hydrogens (tertiary/aromatic N) is 2. The van der Waals surface area contributed by atoms with Gasteiger partial charge in [-0.2, -0.15) is 0 Å². The summed E-state index contributed by atoms with van der Waals surface area (Å²) in [5.74, 6) is 0.967. The molecule has 3 aromatic rings. The van der Waals surface area contributed by atoms with Crippen molar-refractivity contribution in [2.24, 2.45) is 0 Å². The summed E-state index contributed by atoms with van der Waals surface area (Å²) in [6, 6.07) is 11.8. The Balaban J connectivity index is 1.50. The van der Waals surface area contributed by atoms with Crippen LogP contribution in [0.4, 0.5) is 11.4 Å². The summed E-state index contributed by atoms with van der Waals surface area (Å²) in [6.45, 7) is 0.681. The molecule has 2 heterocycles. The van der Waals surface area contributed by atoms with E-state index in [1.807, 2.05) is 24.3 Å². The molecule has 1 atom stereocenters. The van der Waals surface area contributed by atoms with Crippen LogP contribution in [-0.4, -0.2) is 23.0 Å². The average molecular weight is 282 g/mol. The van der Waals surface area contributed by atoms with E-state index in [1.54, 1.807) is 6.07 Å². The molecule has 6 nitrogen and oxygen atoms in total. The maximum absolute atomic E-state index is 5.90. The lowest BCUT2D eigenvalue weighted by Gasteiger charge is -2.13. The summed E-state index contributed by atoms with van der Waals surface area (Å²) < 4.78 is 10.7. The largest absolute Gasteiger partial charge is 0.488 e. The van der Waals surface area contributed by atoms with Gasteiger partial charge in [0.05, 0.1) is 17.9 Å². The third-order valence-electron chi connectivity index (χ3n) is 3.68. The fourth-order valence-electron chi connectivity index (χ4n) is 2.62. The topological polar surface area (TPSA) is 86.2 Å². The minimum atomic E-state index is 0.106. The van der Waals surface area contributed by atoms with Gasteiger partial charge in [0, 0.05) is 6.42 Å². The average Bonchev–Trinajstić information content (AvgIpc) is 3.13. The Morgan fingerprint density at radius 1 is 1.14 bits per heavy atom. The Morgan fingerprint density at radius 3 is 2.90 bits per heavy atom. The molecule has 2 aromatic carbocycles. The maximum Gasteiger partial charge on any atom is 0.160 e. The first-order valence-electron chi connectivity index (χ1n) is 6.80. The fraction of sp³-hybridized carbons (Fsp3) is 0.200. The van der Waals surface area contributed by atoms with Gasteiger partial charge in [-0.3, -0.25) is 0 Å². The number of nitrogens with one attached hydrogen (secondary N) is 1. The van der Waals surface area contributed by atoms with Gasteiger partial charge in [-0.15, -0.1) is 0 Å². The molecule has 0 saturated carbocycles. The van der Waals surface area contributed by atoms with E-state index in [9.17, 15) is 0 Å². The molecule has 3 N–H and O–H groups in total. The van der Waals surface area contributed by atoms with Crippen molar-refractivity contribution < 1.29 is 9.37 Å². The van der Waals surface area contributed by atoms with Crippen molar-refractivity contribution in [1.29, 1.82) is 0 Å². The first kappa shape index (κ1) is 12.0. The van der Waals surface area contributed by atoms with E-state index in [4.69, 9.17) is 15.1 Å². The van der Waals surface area contributed by atoms with Gasteiger partial charge < -0.3 is 15.8 Å². The highest BCUT2D eigenvalue weighted by Gasteiger charge is 2.22. The molecule has 0 bridgehead atoms. The number of para-hydroxylation sites is 1. The molecule has 1 aliphatic rings. The third-order valence-corrected chi connectivity index (χ3v) is 3.68. The molecular weight excluding hydrogens is 268 g/mol. The van der Waals surface area contributed by atoms with Crippen LogP contribution in [0.25, 0.3) is 11.0 Å². The van der Waals surface area contributed by atoms with Gasteiger partial charge in [0.15, 0.2) is 11.0 Å². The number of ether oxygens (including phenoxy) is 1. The lowest BCUT2D eigenvalue weighted by atomic mass is 10.1. The monoisotopic (exact) mass is 282 g/mol.